The zero-order valence-corrected chi connectivity index (χ0v) is 20.4. The number of aromatic amines is 1. The number of carbonyl (C=O) groups excluding carboxylic acids is 1. The number of H-pyrrole nitrogens is 1. The fourth-order valence-electron chi connectivity index (χ4n) is 4.08. The van der Waals surface area contributed by atoms with Crippen LogP contribution in [0.5, 0.6) is 0 Å². The average molecular weight is 549 g/mol. The molecule has 0 aliphatic carbocycles. The van der Waals surface area contributed by atoms with Gasteiger partial charge in [0.2, 0.25) is 0 Å². The van der Waals surface area contributed by atoms with Crippen molar-refractivity contribution in [3.05, 3.63) is 97.8 Å². The van der Waals surface area contributed by atoms with Gasteiger partial charge in [-0.05, 0) is 48.0 Å². The summed E-state index contributed by atoms with van der Waals surface area (Å²) >= 11 is 3.34. The van der Waals surface area contributed by atoms with Gasteiger partial charge in [0.15, 0.2) is 0 Å². The molecule has 1 N–H and O–H groups in total. The van der Waals surface area contributed by atoms with Crippen LogP contribution in [0.2, 0.25) is 0 Å². The number of nitriles is 1. The van der Waals surface area contributed by atoms with Crippen molar-refractivity contribution in [2.75, 3.05) is 31.1 Å². The molecule has 2 aromatic carbocycles. The van der Waals surface area contributed by atoms with Crippen LogP contribution in [0, 0.1) is 17.1 Å². The van der Waals surface area contributed by atoms with Crippen molar-refractivity contribution in [2.24, 2.45) is 0 Å². The number of carbonyl (C=O) groups is 1. The van der Waals surface area contributed by atoms with Crippen molar-refractivity contribution in [3.8, 4) is 6.07 Å². The van der Waals surface area contributed by atoms with Crippen LogP contribution in [0.25, 0.3) is 10.8 Å². The Morgan fingerprint density at radius 1 is 1.14 bits per heavy atom. The van der Waals surface area contributed by atoms with Crippen molar-refractivity contribution in [2.45, 2.75) is 6.37 Å². The second-order valence-corrected chi connectivity index (χ2v) is 9.12. The largest absolute Gasteiger partial charge is 0.353 e. The molecule has 2 aromatic heterocycles. The van der Waals surface area contributed by atoms with E-state index in [4.69, 9.17) is 8.00 Å². The second kappa shape index (κ2) is 9.87. The fourth-order valence-corrected chi connectivity index (χ4v) is 4.45. The number of nitrogens with one attached hydrogen (secondary N) is 1. The van der Waals surface area contributed by atoms with Crippen molar-refractivity contribution < 1.29 is 11.9 Å². The van der Waals surface area contributed by atoms with E-state index < -0.39 is 23.7 Å². The maximum Gasteiger partial charge on any atom is 0.272 e. The van der Waals surface area contributed by atoms with E-state index in [2.05, 4.69) is 31.1 Å². The smallest absolute Gasteiger partial charge is 0.272 e. The van der Waals surface area contributed by atoms with Gasteiger partial charge in [0, 0.05) is 51.3 Å². The standard InChI is InChI=1S/C26H20BrFN6O2/c27-18-3-4-19-20(13-18)23(31-32-25(19)35)12-16-1-5-22(28)21(11-16)26(36)34-9-7-33(8-10-34)24-6-2-17(14-29)15-30-24/h1-6,11,13,15H,7-10,12H2,(H,32,35)/i12D2. The third-order valence-corrected chi connectivity index (χ3v) is 6.47. The highest BCUT2D eigenvalue weighted by Gasteiger charge is 2.25. The monoisotopic (exact) mass is 548 g/mol. The number of piperazine rings is 1. The van der Waals surface area contributed by atoms with Crippen LogP contribution in [0.1, 0.15) is 29.9 Å². The van der Waals surface area contributed by atoms with Gasteiger partial charge in [-0.1, -0.05) is 22.0 Å². The molecule has 0 spiro atoms. The molecule has 5 rings (SSSR count). The summed E-state index contributed by atoms with van der Waals surface area (Å²) in [6.07, 6.45) is -0.757. The number of anilines is 1. The molecule has 10 heteroatoms. The number of amides is 1. The minimum absolute atomic E-state index is 0.0310. The van der Waals surface area contributed by atoms with E-state index in [9.17, 15) is 14.0 Å². The van der Waals surface area contributed by atoms with Crippen LogP contribution in [0.15, 0.2) is 64.0 Å². The summed E-state index contributed by atoms with van der Waals surface area (Å²) in [5, 5.41) is 15.8. The Bertz CT molecular complexity index is 1650. The summed E-state index contributed by atoms with van der Waals surface area (Å²) in [5.41, 5.74) is -0.274. The number of aromatic nitrogens is 3. The fraction of sp³-hybridized carbons (Fsp3) is 0.192. The maximum absolute atomic E-state index is 14.9. The lowest BCUT2D eigenvalue weighted by atomic mass is 10.0. The molecule has 36 heavy (non-hydrogen) atoms. The first-order chi connectivity index (χ1) is 18.2. The molecular weight excluding hydrogens is 527 g/mol. The number of hydrogen-bond donors (Lipinski definition) is 1. The van der Waals surface area contributed by atoms with Gasteiger partial charge < -0.3 is 9.80 Å². The molecular formula is C26H20BrFN6O2. The van der Waals surface area contributed by atoms with Crippen LogP contribution >= 0.6 is 15.9 Å². The summed E-state index contributed by atoms with van der Waals surface area (Å²) in [4.78, 5) is 33.3. The summed E-state index contributed by atoms with van der Waals surface area (Å²) in [6, 6.07) is 13.8. The molecule has 0 radical (unpaired) electrons. The molecule has 1 aliphatic heterocycles. The van der Waals surface area contributed by atoms with Gasteiger partial charge >= 0.3 is 0 Å². The van der Waals surface area contributed by atoms with Gasteiger partial charge in [-0.15, -0.1) is 0 Å². The highest BCUT2D eigenvalue weighted by atomic mass is 79.9. The van der Waals surface area contributed by atoms with E-state index in [1.54, 1.807) is 30.3 Å². The third kappa shape index (κ3) is 4.70. The Morgan fingerprint density at radius 2 is 1.94 bits per heavy atom. The Balaban J connectivity index is 1.41. The van der Waals surface area contributed by atoms with Gasteiger partial charge in [0.05, 0.1) is 22.2 Å². The second-order valence-electron chi connectivity index (χ2n) is 8.21. The number of hydrogen-bond acceptors (Lipinski definition) is 6. The predicted octanol–water partition coefficient (Wildman–Crippen LogP) is 3.64. The Labute approximate surface area is 216 Å². The van der Waals surface area contributed by atoms with Gasteiger partial charge in [-0.3, -0.25) is 9.59 Å². The lowest BCUT2D eigenvalue weighted by Gasteiger charge is -2.35. The maximum atomic E-state index is 14.9. The molecule has 4 aromatic rings. The number of halogens is 2. The Kier molecular flexibility index (Phi) is 5.81. The van der Waals surface area contributed by atoms with E-state index in [-0.39, 0.29) is 22.2 Å². The molecule has 0 bridgehead atoms. The van der Waals surface area contributed by atoms with E-state index in [0.717, 1.165) is 6.07 Å². The first-order valence-electron chi connectivity index (χ1n) is 12.1. The summed E-state index contributed by atoms with van der Waals surface area (Å²) in [6.45, 7) is 1.57. The van der Waals surface area contributed by atoms with Gasteiger partial charge in [-0.25, -0.2) is 14.5 Å². The molecule has 180 valence electrons. The lowest BCUT2D eigenvalue weighted by molar-refractivity contribution is 0.0741. The SMILES string of the molecule is [2H]C([2H])(c1ccc(F)c(C(=O)N2CCN(c3ccc(C#N)cn3)CC2)c1)c1n[nH]c(=O)c2ccc(Br)cc12. The third-order valence-electron chi connectivity index (χ3n) is 5.98. The van der Waals surface area contributed by atoms with Crippen molar-refractivity contribution in [1.82, 2.24) is 20.1 Å². The van der Waals surface area contributed by atoms with E-state index in [1.807, 2.05) is 11.0 Å². The number of rotatable bonds is 4. The van der Waals surface area contributed by atoms with E-state index in [1.165, 1.54) is 23.2 Å². The normalized spacial score (nSPS) is 14.8. The minimum atomic E-state index is -2.24. The molecule has 0 atom stereocenters. The molecule has 0 unspecified atom stereocenters. The highest BCUT2D eigenvalue weighted by molar-refractivity contribution is 9.10. The van der Waals surface area contributed by atoms with Crippen molar-refractivity contribution >= 4 is 38.4 Å². The number of nitrogens with zero attached hydrogens (tertiary/aromatic N) is 5. The first kappa shape index (κ1) is 21.2. The molecule has 1 aliphatic rings. The van der Waals surface area contributed by atoms with E-state index >= 15 is 0 Å². The number of fused-ring (bicyclic) bond motifs is 1. The molecule has 1 amide bonds. The van der Waals surface area contributed by atoms with Crippen LogP contribution in [0.3, 0.4) is 0 Å². The van der Waals surface area contributed by atoms with Crippen LogP contribution in [-0.4, -0.2) is 52.2 Å². The first-order valence-corrected chi connectivity index (χ1v) is 11.9. The zero-order valence-electron chi connectivity index (χ0n) is 20.8. The van der Waals surface area contributed by atoms with Crippen LogP contribution < -0.4 is 10.5 Å². The molecule has 1 fully saturated rings. The van der Waals surface area contributed by atoms with Crippen molar-refractivity contribution in [1.29, 1.82) is 5.26 Å². The van der Waals surface area contributed by atoms with E-state index in [0.29, 0.717) is 47.4 Å². The summed E-state index contributed by atoms with van der Waals surface area (Å²) in [7, 11) is 0. The lowest BCUT2D eigenvalue weighted by Crippen LogP contribution is -2.49. The van der Waals surface area contributed by atoms with Gasteiger partial charge in [0.1, 0.15) is 17.7 Å². The zero-order chi connectivity index (χ0) is 27.0. The predicted molar refractivity (Wildman–Crippen MR) is 136 cm³/mol. The number of pyridine rings is 1. The molecule has 0 saturated carbocycles. The summed E-state index contributed by atoms with van der Waals surface area (Å²) in [5.74, 6) is -0.618. The van der Waals surface area contributed by atoms with Gasteiger partial charge in [0.25, 0.3) is 11.5 Å². The average Bonchev–Trinajstić information content (AvgIpc) is 2.93. The number of benzene rings is 2. The molecule has 1 saturated heterocycles. The minimum Gasteiger partial charge on any atom is -0.353 e. The van der Waals surface area contributed by atoms with Crippen molar-refractivity contribution in [3.63, 3.8) is 0 Å². The molecule has 3 heterocycles. The van der Waals surface area contributed by atoms with Crippen LogP contribution in [0.4, 0.5) is 10.2 Å². The van der Waals surface area contributed by atoms with Crippen LogP contribution in [-0.2, 0) is 6.37 Å². The van der Waals surface area contributed by atoms with Gasteiger partial charge in [-0.2, -0.15) is 10.4 Å². The topological polar surface area (TPSA) is 106 Å². The Hall–Kier alpha value is -4.10. The highest BCUT2D eigenvalue weighted by Crippen LogP contribution is 2.23. The summed E-state index contributed by atoms with van der Waals surface area (Å²) < 4.78 is 33.1. The molecule has 8 nitrogen and oxygen atoms in total. The quantitative estimate of drug-likeness (QED) is 0.417. The Morgan fingerprint density at radius 3 is 2.67 bits per heavy atom.